The van der Waals surface area contributed by atoms with Gasteiger partial charge in [-0.25, -0.2) is 0 Å². The van der Waals surface area contributed by atoms with Gasteiger partial charge in [0.15, 0.2) is 0 Å². The highest BCUT2D eigenvalue weighted by molar-refractivity contribution is 7.86. The summed E-state index contributed by atoms with van der Waals surface area (Å²) in [6.45, 7) is 4.79. The number of aryl methyl sites for hydroxylation is 2. The van der Waals surface area contributed by atoms with Crippen molar-refractivity contribution in [3.63, 3.8) is 0 Å². The molecule has 1 fully saturated rings. The van der Waals surface area contributed by atoms with E-state index in [2.05, 4.69) is 5.32 Å². The molecule has 1 aliphatic heterocycles. The summed E-state index contributed by atoms with van der Waals surface area (Å²) in [6.07, 6.45) is 0.697. The zero-order chi connectivity index (χ0) is 19.4. The molecule has 6 nitrogen and oxygen atoms in total. The van der Waals surface area contributed by atoms with Gasteiger partial charge in [-0.05, 0) is 37.0 Å². The first-order valence-electron chi connectivity index (χ1n) is 9.03. The largest absolute Gasteiger partial charge is 0.324 e. The van der Waals surface area contributed by atoms with Crippen LogP contribution in [-0.2, 0) is 21.5 Å². The summed E-state index contributed by atoms with van der Waals surface area (Å²) in [5.41, 5.74) is 3.59. The highest BCUT2D eigenvalue weighted by Gasteiger charge is 2.34. The maximum absolute atomic E-state index is 12.9. The summed E-state index contributed by atoms with van der Waals surface area (Å²) >= 11 is 0. The van der Waals surface area contributed by atoms with Crippen LogP contribution < -0.4 is 5.32 Å². The Balaban J connectivity index is 1.69. The topological polar surface area (TPSA) is 69.7 Å². The minimum absolute atomic E-state index is 0.179. The van der Waals surface area contributed by atoms with E-state index in [0.717, 1.165) is 22.4 Å². The molecule has 0 radical (unpaired) electrons. The van der Waals surface area contributed by atoms with Crippen molar-refractivity contribution in [2.24, 2.45) is 0 Å². The predicted molar refractivity (Wildman–Crippen MR) is 107 cm³/mol. The van der Waals surface area contributed by atoms with Crippen molar-refractivity contribution in [2.45, 2.75) is 26.8 Å². The minimum Gasteiger partial charge on any atom is -0.324 e. The molecule has 27 heavy (non-hydrogen) atoms. The number of nitrogens with one attached hydrogen (secondary N) is 1. The van der Waals surface area contributed by atoms with Crippen molar-refractivity contribution in [2.75, 3.05) is 25.0 Å². The van der Waals surface area contributed by atoms with Crippen molar-refractivity contribution >= 4 is 21.8 Å². The molecular formula is C20H25N3O3S. The number of rotatable bonds is 5. The number of hydrogen-bond acceptors (Lipinski definition) is 3. The van der Waals surface area contributed by atoms with E-state index in [0.29, 0.717) is 26.1 Å². The first-order chi connectivity index (χ1) is 12.9. The Labute approximate surface area is 161 Å². The lowest BCUT2D eigenvalue weighted by molar-refractivity contribution is -0.116. The minimum atomic E-state index is -3.66. The molecule has 0 unspecified atom stereocenters. The van der Waals surface area contributed by atoms with E-state index in [1.165, 1.54) is 8.61 Å². The Hall–Kier alpha value is -2.22. The van der Waals surface area contributed by atoms with Crippen LogP contribution in [0.3, 0.4) is 0 Å². The Bertz CT molecular complexity index is 893. The van der Waals surface area contributed by atoms with Gasteiger partial charge in [-0.15, -0.1) is 0 Å². The van der Waals surface area contributed by atoms with Gasteiger partial charge in [0.25, 0.3) is 10.2 Å². The lowest BCUT2D eigenvalue weighted by Crippen LogP contribution is -2.51. The number of hydrogen-bond donors (Lipinski definition) is 1. The normalized spacial score (nSPS) is 17.6. The lowest BCUT2D eigenvalue weighted by Gasteiger charge is -2.34. The number of para-hydroxylation sites is 1. The number of anilines is 1. The highest BCUT2D eigenvalue weighted by atomic mass is 32.2. The van der Waals surface area contributed by atoms with E-state index in [1.54, 1.807) is 0 Å². The summed E-state index contributed by atoms with van der Waals surface area (Å²) in [4.78, 5) is 12.5. The van der Waals surface area contributed by atoms with Crippen LogP contribution in [0, 0.1) is 13.8 Å². The molecule has 2 aromatic carbocycles. The molecule has 1 N–H and O–H groups in total. The monoisotopic (exact) mass is 387 g/mol. The van der Waals surface area contributed by atoms with Crippen LogP contribution in [0.5, 0.6) is 0 Å². The van der Waals surface area contributed by atoms with E-state index in [-0.39, 0.29) is 12.5 Å². The van der Waals surface area contributed by atoms with Crippen LogP contribution in [0.2, 0.25) is 0 Å². The Morgan fingerprint density at radius 2 is 1.59 bits per heavy atom. The summed E-state index contributed by atoms with van der Waals surface area (Å²) in [7, 11) is -3.66. The molecule has 1 heterocycles. The van der Waals surface area contributed by atoms with Crippen LogP contribution in [0.1, 0.15) is 23.1 Å². The maximum atomic E-state index is 12.9. The van der Waals surface area contributed by atoms with Gasteiger partial charge in [0.2, 0.25) is 5.91 Å². The number of carbonyl (C=O) groups is 1. The summed E-state index contributed by atoms with van der Waals surface area (Å²) < 4.78 is 28.5. The smallest absolute Gasteiger partial charge is 0.282 e. The average Bonchev–Trinajstić information content (AvgIpc) is 2.63. The van der Waals surface area contributed by atoms with E-state index in [9.17, 15) is 13.2 Å². The van der Waals surface area contributed by atoms with Crippen molar-refractivity contribution in [3.05, 3.63) is 65.2 Å². The van der Waals surface area contributed by atoms with Crippen LogP contribution >= 0.6 is 0 Å². The molecule has 1 amide bonds. The van der Waals surface area contributed by atoms with Gasteiger partial charge in [-0.3, -0.25) is 4.79 Å². The average molecular weight is 388 g/mol. The quantitative estimate of drug-likeness (QED) is 0.858. The lowest BCUT2D eigenvalue weighted by atomic mass is 10.1. The molecule has 0 aliphatic carbocycles. The zero-order valence-corrected chi connectivity index (χ0v) is 16.5. The first-order valence-corrected chi connectivity index (χ1v) is 10.4. The highest BCUT2D eigenvalue weighted by Crippen LogP contribution is 2.21. The zero-order valence-electron chi connectivity index (χ0n) is 15.7. The molecule has 3 rings (SSSR count). The van der Waals surface area contributed by atoms with Gasteiger partial charge in [0.1, 0.15) is 0 Å². The summed E-state index contributed by atoms with van der Waals surface area (Å²) in [6, 6.07) is 15.3. The predicted octanol–water partition coefficient (Wildman–Crippen LogP) is 2.69. The summed E-state index contributed by atoms with van der Waals surface area (Å²) in [5, 5.41) is 2.86. The fourth-order valence-electron chi connectivity index (χ4n) is 3.28. The molecule has 2 aromatic rings. The van der Waals surface area contributed by atoms with E-state index < -0.39 is 10.2 Å². The van der Waals surface area contributed by atoms with E-state index in [4.69, 9.17) is 0 Å². The van der Waals surface area contributed by atoms with Gasteiger partial charge < -0.3 is 5.32 Å². The molecule has 1 saturated heterocycles. The SMILES string of the molecule is Cc1cccc(C)c1NC(=O)CN1CCCN(Cc2ccccc2)S1(=O)=O. The second-order valence-electron chi connectivity index (χ2n) is 6.83. The molecule has 0 saturated carbocycles. The van der Waals surface area contributed by atoms with Crippen LogP contribution in [0.15, 0.2) is 48.5 Å². The molecule has 0 spiro atoms. The second-order valence-corrected chi connectivity index (χ2v) is 8.76. The first kappa shape index (κ1) is 19.5. The molecule has 0 bridgehead atoms. The van der Waals surface area contributed by atoms with Gasteiger partial charge in [-0.1, -0.05) is 48.5 Å². The van der Waals surface area contributed by atoms with E-state index in [1.807, 2.05) is 62.4 Å². The van der Waals surface area contributed by atoms with Gasteiger partial charge >= 0.3 is 0 Å². The Morgan fingerprint density at radius 1 is 0.963 bits per heavy atom. The third-order valence-electron chi connectivity index (χ3n) is 4.73. The molecular weight excluding hydrogens is 362 g/mol. The third kappa shape index (κ3) is 4.55. The van der Waals surface area contributed by atoms with E-state index >= 15 is 0 Å². The van der Waals surface area contributed by atoms with Crippen molar-refractivity contribution in [3.8, 4) is 0 Å². The van der Waals surface area contributed by atoms with Crippen LogP contribution in [0.4, 0.5) is 5.69 Å². The standard InChI is InChI=1S/C20H25N3O3S/c1-16-8-6-9-17(2)20(16)21-19(24)15-23-13-7-12-22(27(23,25)26)14-18-10-4-3-5-11-18/h3-6,8-11H,7,12-15H2,1-2H3,(H,21,24). The number of amides is 1. The van der Waals surface area contributed by atoms with Crippen molar-refractivity contribution < 1.29 is 13.2 Å². The van der Waals surface area contributed by atoms with Crippen LogP contribution in [0.25, 0.3) is 0 Å². The van der Waals surface area contributed by atoms with Crippen LogP contribution in [-0.4, -0.2) is 42.6 Å². The number of nitrogens with zero attached hydrogens (tertiary/aromatic N) is 2. The molecule has 0 aromatic heterocycles. The Morgan fingerprint density at radius 3 is 2.26 bits per heavy atom. The molecule has 7 heteroatoms. The Kier molecular flexibility index (Phi) is 5.94. The fraction of sp³-hybridized carbons (Fsp3) is 0.350. The second kappa shape index (κ2) is 8.21. The fourth-order valence-corrected chi connectivity index (χ4v) is 4.92. The number of benzene rings is 2. The molecule has 144 valence electrons. The van der Waals surface area contributed by atoms with Crippen molar-refractivity contribution in [1.82, 2.24) is 8.61 Å². The molecule has 1 aliphatic rings. The van der Waals surface area contributed by atoms with Gasteiger partial charge in [0.05, 0.1) is 6.54 Å². The maximum Gasteiger partial charge on any atom is 0.282 e. The number of carbonyl (C=O) groups excluding carboxylic acids is 1. The molecule has 0 atom stereocenters. The van der Waals surface area contributed by atoms with Gasteiger partial charge in [0, 0.05) is 25.3 Å². The van der Waals surface area contributed by atoms with Gasteiger partial charge in [-0.2, -0.15) is 17.0 Å². The van der Waals surface area contributed by atoms with Crippen molar-refractivity contribution in [1.29, 1.82) is 0 Å². The third-order valence-corrected chi connectivity index (χ3v) is 6.66. The summed E-state index contributed by atoms with van der Waals surface area (Å²) in [5.74, 6) is -0.322.